The van der Waals surface area contributed by atoms with Gasteiger partial charge in [0.1, 0.15) is 11.9 Å². The maximum absolute atomic E-state index is 13.2. The predicted molar refractivity (Wildman–Crippen MR) is 112 cm³/mol. The van der Waals surface area contributed by atoms with Crippen molar-refractivity contribution in [3.63, 3.8) is 0 Å². The maximum atomic E-state index is 13.2. The number of morpholine rings is 1. The zero-order valence-electron chi connectivity index (χ0n) is 16.6. The Morgan fingerprint density at radius 1 is 0.967 bits per heavy atom. The minimum atomic E-state index is -0.296. The first-order valence-corrected chi connectivity index (χ1v) is 10.6. The minimum Gasteiger partial charge on any atom is -0.370 e. The van der Waals surface area contributed by atoms with E-state index in [0.717, 1.165) is 18.4 Å². The SMILES string of the molecule is O=C(c1ccc(Cl)cc1)N1CCCC(C(=O)N2CCOC(c3ccc(F)cc3)C2)C1. The molecule has 158 valence electrons. The molecule has 0 aliphatic carbocycles. The molecule has 2 fully saturated rings. The molecule has 2 aliphatic heterocycles. The molecule has 2 aliphatic rings. The van der Waals surface area contributed by atoms with Crippen molar-refractivity contribution >= 4 is 23.4 Å². The van der Waals surface area contributed by atoms with Crippen LogP contribution in [0, 0.1) is 11.7 Å². The van der Waals surface area contributed by atoms with Crippen LogP contribution in [0.4, 0.5) is 4.39 Å². The Morgan fingerprint density at radius 3 is 2.43 bits per heavy atom. The Bertz CT molecular complexity index is 904. The summed E-state index contributed by atoms with van der Waals surface area (Å²) in [6.07, 6.45) is 1.29. The van der Waals surface area contributed by atoms with Gasteiger partial charge in [0, 0.05) is 30.2 Å². The molecule has 5 nitrogen and oxygen atoms in total. The number of ether oxygens (including phenoxy) is 1. The molecule has 0 N–H and O–H groups in total. The van der Waals surface area contributed by atoms with Crippen molar-refractivity contribution in [2.75, 3.05) is 32.8 Å². The third kappa shape index (κ3) is 4.65. The minimum absolute atomic E-state index is 0.0546. The van der Waals surface area contributed by atoms with Gasteiger partial charge in [-0.1, -0.05) is 23.7 Å². The molecule has 2 aromatic rings. The summed E-state index contributed by atoms with van der Waals surface area (Å²) in [4.78, 5) is 29.6. The van der Waals surface area contributed by atoms with Gasteiger partial charge in [0.05, 0.1) is 19.1 Å². The van der Waals surface area contributed by atoms with Crippen LogP contribution in [-0.4, -0.2) is 54.4 Å². The molecular formula is C23H24ClFN2O3. The summed E-state index contributed by atoms with van der Waals surface area (Å²) >= 11 is 5.91. The fourth-order valence-electron chi connectivity index (χ4n) is 4.12. The van der Waals surface area contributed by atoms with Crippen LogP contribution in [0.1, 0.15) is 34.9 Å². The Hall–Kier alpha value is -2.44. The highest BCUT2D eigenvalue weighted by atomic mass is 35.5. The summed E-state index contributed by atoms with van der Waals surface area (Å²) in [6.45, 7) is 2.46. The van der Waals surface area contributed by atoms with Gasteiger partial charge in [-0.25, -0.2) is 4.39 Å². The number of rotatable bonds is 3. The first kappa shape index (κ1) is 20.8. The summed E-state index contributed by atoms with van der Waals surface area (Å²) in [6, 6.07) is 13.0. The van der Waals surface area contributed by atoms with Crippen molar-refractivity contribution in [3.05, 3.63) is 70.5 Å². The van der Waals surface area contributed by atoms with Crippen molar-refractivity contribution in [3.8, 4) is 0 Å². The topological polar surface area (TPSA) is 49.9 Å². The third-order valence-corrected chi connectivity index (χ3v) is 6.02. The zero-order valence-corrected chi connectivity index (χ0v) is 17.4. The molecular weight excluding hydrogens is 407 g/mol. The molecule has 0 spiro atoms. The summed E-state index contributed by atoms with van der Waals surface area (Å²) in [5.41, 5.74) is 1.44. The predicted octanol–water partition coefficient (Wildman–Crippen LogP) is 3.93. The van der Waals surface area contributed by atoms with Gasteiger partial charge in [-0.05, 0) is 54.8 Å². The Morgan fingerprint density at radius 2 is 1.70 bits per heavy atom. The zero-order chi connectivity index (χ0) is 21.1. The molecule has 0 radical (unpaired) electrons. The van der Waals surface area contributed by atoms with Crippen molar-refractivity contribution in [2.24, 2.45) is 5.92 Å². The number of halogens is 2. The van der Waals surface area contributed by atoms with Crippen molar-refractivity contribution in [1.82, 2.24) is 9.80 Å². The van der Waals surface area contributed by atoms with E-state index in [9.17, 15) is 14.0 Å². The van der Waals surface area contributed by atoms with Crippen LogP contribution >= 0.6 is 11.6 Å². The first-order valence-electron chi connectivity index (χ1n) is 10.2. The number of benzene rings is 2. The van der Waals surface area contributed by atoms with Crippen LogP contribution in [0.3, 0.4) is 0 Å². The van der Waals surface area contributed by atoms with Gasteiger partial charge in [-0.3, -0.25) is 9.59 Å². The average molecular weight is 431 g/mol. The van der Waals surface area contributed by atoms with E-state index < -0.39 is 0 Å². The van der Waals surface area contributed by atoms with Gasteiger partial charge in [0.15, 0.2) is 0 Å². The fourth-order valence-corrected chi connectivity index (χ4v) is 4.25. The third-order valence-electron chi connectivity index (χ3n) is 5.77. The second kappa shape index (κ2) is 9.14. The molecule has 2 amide bonds. The Labute approximate surface area is 180 Å². The molecule has 0 aromatic heterocycles. The molecule has 7 heteroatoms. The number of nitrogens with zero attached hydrogens (tertiary/aromatic N) is 2. The monoisotopic (exact) mass is 430 g/mol. The number of likely N-dealkylation sites (tertiary alicyclic amines) is 1. The van der Waals surface area contributed by atoms with E-state index >= 15 is 0 Å². The van der Waals surface area contributed by atoms with E-state index in [1.807, 2.05) is 4.90 Å². The highest BCUT2D eigenvalue weighted by molar-refractivity contribution is 6.30. The van der Waals surface area contributed by atoms with Gasteiger partial charge >= 0.3 is 0 Å². The van der Waals surface area contributed by atoms with Gasteiger partial charge in [0.25, 0.3) is 5.91 Å². The molecule has 0 bridgehead atoms. The van der Waals surface area contributed by atoms with E-state index in [1.165, 1.54) is 12.1 Å². The summed E-state index contributed by atoms with van der Waals surface area (Å²) in [7, 11) is 0. The molecule has 2 atom stereocenters. The van der Waals surface area contributed by atoms with E-state index in [1.54, 1.807) is 41.3 Å². The number of hydrogen-bond acceptors (Lipinski definition) is 3. The van der Waals surface area contributed by atoms with Crippen molar-refractivity contribution in [1.29, 1.82) is 0 Å². The van der Waals surface area contributed by atoms with Gasteiger partial charge < -0.3 is 14.5 Å². The molecule has 2 saturated heterocycles. The Kier molecular flexibility index (Phi) is 6.35. The van der Waals surface area contributed by atoms with Crippen LogP contribution in [-0.2, 0) is 9.53 Å². The summed E-state index contributed by atoms with van der Waals surface area (Å²) in [5, 5.41) is 0.585. The number of carbonyl (C=O) groups is 2. The largest absolute Gasteiger partial charge is 0.370 e. The Balaban J connectivity index is 1.40. The van der Waals surface area contributed by atoms with Crippen LogP contribution in [0.25, 0.3) is 0 Å². The smallest absolute Gasteiger partial charge is 0.253 e. The average Bonchev–Trinajstić information content (AvgIpc) is 2.79. The van der Waals surface area contributed by atoms with Crippen molar-refractivity contribution in [2.45, 2.75) is 18.9 Å². The number of carbonyl (C=O) groups excluding carboxylic acids is 2. The van der Waals surface area contributed by atoms with E-state index in [4.69, 9.17) is 16.3 Å². The van der Waals surface area contributed by atoms with Crippen LogP contribution in [0.5, 0.6) is 0 Å². The van der Waals surface area contributed by atoms with Crippen LogP contribution in [0.2, 0.25) is 5.02 Å². The summed E-state index contributed by atoms with van der Waals surface area (Å²) < 4.78 is 19.0. The molecule has 2 aromatic carbocycles. The second-order valence-corrected chi connectivity index (χ2v) is 8.23. The van der Waals surface area contributed by atoms with E-state index in [0.29, 0.717) is 43.4 Å². The van der Waals surface area contributed by atoms with Gasteiger partial charge in [0.2, 0.25) is 5.91 Å². The molecule has 30 heavy (non-hydrogen) atoms. The number of amides is 2. The molecule has 4 rings (SSSR count). The van der Waals surface area contributed by atoms with Crippen LogP contribution in [0.15, 0.2) is 48.5 Å². The lowest BCUT2D eigenvalue weighted by Crippen LogP contribution is -2.50. The van der Waals surface area contributed by atoms with Crippen molar-refractivity contribution < 1.29 is 18.7 Å². The molecule has 0 saturated carbocycles. The van der Waals surface area contributed by atoms with Gasteiger partial charge in [-0.15, -0.1) is 0 Å². The number of hydrogen-bond donors (Lipinski definition) is 0. The maximum Gasteiger partial charge on any atom is 0.253 e. The fraction of sp³-hybridized carbons (Fsp3) is 0.391. The molecule has 2 heterocycles. The first-order chi connectivity index (χ1) is 14.5. The quantitative estimate of drug-likeness (QED) is 0.741. The lowest BCUT2D eigenvalue weighted by atomic mass is 9.95. The van der Waals surface area contributed by atoms with Crippen LogP contribution < -0.4 is 0 Å². The normalized spacial score (nSPS) is 22.1. The lowest BCUT2D eigenvalue weighted by Gasteiger charge is -2.38. The second-order valence-electron chi connectivity index (χ2n) is 7.79. The lowest BCUT2D eigenvalue weighted by molar-refractivity contribution is -0.144. The summed E-state index contributed by atoms with van der Waals surface area (Å²) in [5.74, 6) is -0.536. The highest BCUT2D eigenvalue weighted by Gasteiger charge is 2.34. The number of piperidine rings is 1. The van der Waals surface area contributed by atoms with E-state index in [-0.39, 0.29) is 29.7 Å². The highest BCUT2D eigenvalue weighted by Crippen LogP contribution is 2.26. The standard InChI is InChI=1S/C23H24ClFN2O3/c24-19-7-3-17(4-8-19)22(28)26-11-1-2-18(14-26)23(29)27-12-13-30-21(15-27)16-5-9-20(25)10-6-16/h3-10,18,21H,1-2,11-15H2. The molecule has 2 unspecified atom stereocenters. The van der Waals surface area contributed by atoms with Gasteiger partial charge in [-0.2, -0.15) is 0 Å². The van der Waals surface area contributed by atoms with E-state index in [2.05, 4.69) is 0 Å².